The normalized spacial score (nSPS) is 21.3. The van der Waals surface area contributed by atoms with Gasteiger partial charge in [0.1, 0.15) is 6.54 Å². The molecule has 0 N–H and O–H groups in total. The summed E-state index contributed by atoms with van der Waals surface area (Å²) in [7, 11) is 1.63. The Labute approximate surface area is 76.1 Å². The predicted molar refractivity (Wildman–Crippen MR) is 46.0 cm³/mol. The number of amides is 1. The van der Waals surface area contributed by atoms with E-state index in [9.17, 15) is 4.79 Å². The van der Waals surface area contributed by atoms with Crippen LogP contribution in [0.15, 0.2) is 5.11 Å². The van der Waals surface area contributed by atoms with Crippen LogP contribution in [0.25, 0.3) is 10.4 Å². The van der Waals surface area contributed by atoms with Crippen molar-refractivity contribution in [1.29, 1.82) is 0 Å². The van der Waals surface area contributed by atoms with Gasteiger partial charge in [-0.05, 0) is 12.0 Å². The van der Waals surface area contributed by atoms with Crippen molar-refractivity contribution >= 4 is 5.91 Å². The molecule has 1 amide bonds. The second-order valence-corrected chi connectivity index (χ2v) is 2.88. The van der Waals surface area contributed by atoms with Crippen LogP contribution in [-0.2, 0) is 9.53 Å². The maximum Gasteiger partial charge on any atom is 0.228 e. The monoisotopic (exact) mass is 184 g/mol. The van der Waals surface area contributed by atoms with Crippen LogP contribution in [0, 0.1) is 0 Å². The van der Waals surface area contributed by atoms with Crippen molar-refractivity contribution in [3.63, 3.8) is 0 Å². The maximum atomic E-state index is 11.3. The van der Waals surface area contributed by atoms with E-state index in [-0.39, 0.29) is 18.6 Å². The van der Waals surface area contributed by atoms with Crippen molar-refractivity contribution in [1.82, 2.24) is 4.90 Å². The molecule has 0 aromatic heterocycles. The van der Waals surface area contributed by atoms with Gasteiger partial charge in [-0.2, -0.15) is 0 Å². The summed E-state index contributed by atoms with van der Waals surface area (Å²) in [6.45, 7) is 1.21. The molecule has 0 spiro atoms. The maximum absolute atomic E-state index is 11.3. The summed E-state index contributed by atoms with van der Waals surface area (Å²) in [6, 6.07) is 0. The van der Waals surface area contributed by atoms with Crippen molar-refractivity contribution in [2.24, 2.45) is 5.11 Å². The molecule has 1 saturated heterocycles. The van der Waals surface area contributed by atoms with Gasteiger partial charge in [0.2, 0.25) is 5.91 Å². The van der Waals surface area contributed by atoms with Crippen LogP contribution in [0.2, 0.25) is 0 Å². The number of carbonyl (C=O) groups is 1. The molecule has 0 bridgehead atoms. The molecule has 6 nitrogen and oxygen atoms in total. The van der Waals surface area contributed by atoms with E-state index < -0.39 is 0 Å². The standard InChI is InChI=1S/C7H12N4O2/c1-13-6-2-3-11(5-6)7(12)4-9-10-8/h6H,2-5H2,1H3/t6-/m1/s1. The minimum atomic E-state index is -0.127. The highest BCUT2D eigenvalue weighted by atomic mass is 16.5. The first kappa shape index (κ1) is 9.83. The lowest BCUT2D eigenvalue weighted by Crippen LogP contribution is -2.31. The molecule has 13 heavy (non-hydrogen) atoms. The number of likely N-dealkylation sites (tertiary alicyclic amines) is 1. The highest BCUT2D eigenvalue weighted by Crippen LogP contribution is 2.11. The van der Waals surface area contributed by atoms with Crippen LogP contribution in [-0.4, -0.2) is 43.7 Å². The minimum absolute atomic E-state index is 0.0903. The van der Waals surface area contributed by atoms with Gasteiger partial charge in [0, 0.05) is 25.1 Å². The SMILES string of the molecule is CO[C@@H]1CCN(C(=O)CN=[N+]=[N-])C1. The van der Waals surface area contributed by atoms with Crippen LogP contribution in [0.3, 0.4) is 0 Å². The third-order valence-electron chi connectivity index (χ3n) is 2.10. The Kier molecular flexibility index (Phi) is 3.54. The minimum Gasteiger partial charge on any atom is -0.380 e. The quantitative estimate of drug-likeness (QED) is 0.364. The van der Waals surface area contributed by atoms with Crippen LogP contribution in [0.1, 0.15) is 6.42 Å². The summed E-state index contributed by atoms with van der Waals surface area (Å²) in [5.74, 6) is -0.127. The Morgan fingerprint density at radius 1 is 1.85 bits per heavy atom. The van der Waals surface area contributed by atoms with E-state index in [0.29, 0.717) is 13.1 Å². The Bertz CT molecular complexity index is 237. The molecule has 72 valence electrons. The lowest BCUT2D eigenvalue weighted by atomic mass is 10.3. The van der Waals surface area contributed by atoms with E-state index in [4.69, 9.17) is 10.3 Å². The molecular weight excluding hydrogens is 172 g/mol. The molecule has 0 aromatic rings. The number of hydrogen-bond donors (Lipinski definition) is 0. The zero-order chi connectivity index (χ0) is 9.68. The van der Waals surface area contributed by atoms with Crippen molar-refractivity contribution in [3.05, 3.63) is 10.4 Å². The molecule has 0 unspecified atom stereocenters. The third-order valence-corrected chi connectivity index (χ3v) is 2.10. The third kappa shape index (κ3) is 2.61. The van der Waals surface area contributed by atoms with Crippen molar-refractivity contribution in [2.45, 2.75) is 12.5 Å². The van der Waals surface area contributed by atoms with Gasteiger partial charge < -0.3 is 9.64 Å². The van der Waals surface area contributed by atoms with Crippen LogP contribution >= 0.6 is 0 Å². The Morgan fingerprint density at radius 2 is 2.62 bits per heavy atom. The Morgan fingerprint density at radius 3 is 3.15 bits per heavy atom. The van der Waals surface area contributed by atoms with Crippen molar-refractivity contribution < 1.29 is 9.53 Å². The second kappa shape index (κ2) is 4.69. The summed E-state index contributed by atoms with van der Waals surface area (Å²) >= 11 is 0. The van der Waals surface area contributed by atoms with Crippen molar-refractivity contribution in [3.8, 4) is 0 Å². The first-order valence-electron chi connectivity index (χ1n) is 4.09. The molecule has 1 aliphatic heterocycles. The molecule has 1 aliphatic rings. The first-order chi connectivity index (χ1) is 6.27. The van der Waals surface area contributed by atoms with Crippen LogP contribution in [0.5, 0.6) is 0 Å². The number of azide groups is 1. The largest absolute Gasteiger partial charge is 0.380 e. The van der Waals surface area contributed by atoms with E-state index in [1.165, 1.54) is 0 Å². The van der Waals surface area contributed by atoms with Gasteiger partial charge in [-0.3, -0.25) is 4.79 Å². The number of carbonyl (C=O) groups excluding carboxylic acids is 1. The van der Waals surface area contributed by atoms with Gasteiger partial charge in [-0.25, -0.2) is 0 Å². The number of nitrogens with zero attached hydrogens (tertiary/aromatic N) is 4. The molecule has 1 fully saturated rings. The zero-order valence-corrected chi connectivity index (χ0v) is 7.51. The average Bonchev–Trinajstić information content (AvgIpc) is 2.62. The number of methoxy groups -OCH3 is 1. The van der Waals surface area contributed by atoms with Gasteiger partial charge >= 0.3 is 0 Å². The van der Waals surface area contributed by atoms with Crippen LogP contribution in [0.4, 0.5) is 0 Å². The van der Waals surface area contributed by atoms with Gasteiger partial charge in [-0.1, -0.05) is 5.11 Å². The Balaban J connectivity index is 2.37. The fourth-order valence-electron chi connectivity index (χ4n) is 1.34. The van der Waals surface area contributed by atoms with Gasteiger partial charge in [-0.15, -0.1) is 0 Å². The number of ether oxygens (including phenoxy) is 1. The smallest absolute Gasteiger partial charge is 0.228 e. The molecule has 1 rings (SSSR count). The zero-order valence-electron chi connectivity index (χ0n) is 7.51. The molecular formula is C7H12N4O2. The predicted octanol–water partition coefficient (Wildman–Crippen LogP) is 0.544. The van der Waals surface area contributed by atoms with E-state index in [0.717, 1.165) is 6.42 Å². The summed E-state index contributed by atoms with van der Waals surface area (Å²) in [5.41, 5.74) is 8.02. The summed E-state index contributed by atoms with van der Waals surface area (Å²) in [4.78, 5) is 15.5. The first-order valence-corrected chi connectivity index (χ1v) is 4.09. The van der Waals surface area contributed by atoms with E-state index in [1.807, 2.05) is 0 Å². The van der Waals surface area contributed by atoms with Gasteiger partial charge in [0.15, 0.2) is 0 Å². The summed E-state index contributed by atoms with van der Waals surface area (Å²) < 4.78 is 5.10. The molecule has 0 aliphatic carbocycles. The highest BCUT2D eigenvalue weighted by molar-refractivity contribution is 5.78. The lowest BCUT2D eigenvalue weighted by Gasteiger charge is -2.14. The molecule has 0 aromatic carbocycles. The fourth-order valence-corrected chi connectivity index (χ4v) is 1.34. The fraction of sp³-hybridized carbons (Fsp3) is 0.857. The molecule has 0 radical (unpaired) electrons. The molecule has 0 saturated carbocycles. The van der Waals surface area contributed by atoms with Gasteiger partial charge in [0.25, 0.3) is 0 Å². The highest BCUT2D eigenvalue weighted by Gasteiger charge is 2.24. The van der Waals surface area contributed by atoms with Crippen LogP contribution < -0.4 is 0 Å². The average molecular weight is 184 g/mol. The number of rotatable bonds is 3. The number of hydrogen-bond acceptors (Lipinski definition) is 3. The van der Waals surface area contributed by atoms with E-state index >= 15 is 0 Å². The van der Waals surface area contributed by atoms with Gasteiger partial charge in [0.05, 0.1) is 6.10 Å². The molecule has 1 heterocycles. The van der Waals surface area contributed by atoms with Crippen molar-refractivity contribution in [2.75, 3.05) is 26.7 Å². The lowest BCUT2D eigenvalue weighted by molar-refractivity contribution is -0.129. The summed E-state index contributed by atoms with van der Waals surface area (Å²) in [5, 5.41) is 3.22. The Hall–Kier alpha value is -1.26. The van der Waals surface area contributed by atoms with E-state index in [2.05, 4.69) is 10.0 Å². The topological polar surface area (TPSA) is 78.3 Å². The second-order valence-electron chi connectivity index (χ2n) is 2.88. The molecule has 6 heteroatoms. The van der Waals surface area contributed by atoms with E-state index in [1.54, 1.807) is 12.0 Å². The molecule has 1 atom stereocenters. The summed E-state index contributed by atoms with van der Waals surface area (Å²) in [6.07, 6.45) is 0.994.